The Morgan fingerprint density at radius 1 is 1.00 bits per heavy atom. The van der Waals surface area contributed by atoms with E-state index >= 15 is 0 Å². The summed E-state index contributed by atoms with van der Waals surface area (Å²) in [5, 5.41) is 11.8. The van der Waals surface area contributed by atoms with E-state index in [1.54, 1.807) is 24.4 Å². The lowest BCUT2D eigenvalue weighted by atomic mass is 10.2. The lowest BCUT2D eigenvalue weighted by Gasteiger charge is -2.00. The summed E-state index contributed by atoms with van der Waals surface area (Å²) in [6.45, 7) is 0. The summed E-state index contributed by atoms with van der Waals surface area (Å²) in [5.41, 5.74) is 1.94. The van der Waals surface area contributed by atoms with Gasteiger partial charge >= 0.3 is 0 Å². The van der Waals surface area contributed by atoms with Crippen molar-refractivity contribution in [1.82, 2.24) is 4.98 Å². The van der Waals surface area contributed by atoms with Gasteiger partial charge in [-0.15, -0.1) is 0 Å². The monoisotopic (exact) mass is 304 g/mol. The molecule has 3 nitrogen and oxygen atoms in total. The number of para-hydroxylation sites is 2. The second-order valence-electron chi connectivity index (χ2n) is 4.26. The van der Waals surface area contributed by atoms with E-state index in [1.807, 2.05) is 24.3 Å². The van der Waals surface area contributed by atoms with Crippen LogP contribution in [0, 0.1) is 0 Å². The van der Waals surface area contributed by atoms with E-state index in [9.17, 15) is 5.11 Å². The molecule has 1 heterocycles. The van der Waals surface area contributed by atoms with E-state index < -0.39 is 0 Å². The molecule has 3 rings (SSSR count). The average Bonchev–Trinajstić information content (AvgIpc) is 2.74. The number of aromatic hydroxyl groups is 1. The van der Waals surface area contributed by atoms with Crippen LogP contribution in [-0.2, 0) is 0 Å². The first-order valence-electron chi connectivity index (χ1n) is 5.94. The molecule has 0 saturated heterocycles. The van der Waals surface area contributed by atoms with Gasteiger partial charge in [-0.1, -0.05) is 47.5 Å². The molecule has 0 aliphatic rings. The van der Waals surface area contributed by atoms with Crippen molar-refractivity contribution < 1.29 is 5.11 Å². The first-order valence-corrected chi connectivity index (χ1v) is 6.70. The lowest BCUT2D eigenvalue weighted by molar-refractivity contribution is 0.457. The zero-order chi connectivity index (χ0) is 14.1. The summed E-state index contributed by atoms with van der Waals surface area (Å²) in [4.78, 5) is 7.18. The van der Waals surface area contributed by atoms with Crippen LogP contribution in [0.2, 0.25) is 10.0 Å². The Labute approximate surface area is 125 Å². The number of aromatic amines is 1. The molecule has 0 fully saturated rings. The number of nitrogens with one attached hydrogen (secondary N) is 1. The fraction of sp³-hybridized carbons (Fsp3) is 0. The second-order valence-corrected chi connectivity index (χ2v) is 5.08. The molecule has 0 saturated carbocycles. The molecular formula is C15H10Cl2N2O. The van der Waals surface area contributed by atoms with Crippen LogP contribution in [0.25, 0.3) is 10.9 Å². The molecule has 0 spiro atoms. The highest BCUT2D eigenvalue weighted by Gasteiger charge is 2.09. The van der Waals surface area contributed by atoms with Crippen molar-refractivity contribution in [1.29, 1.82) is 0 Å². The molecular weight excluding hydrogens is 295 g/mol. The SMILES string of the molecule is Oc1[nH]c2ccccc2c1C=Nc1c(Cl)cccc1Cl. The van der Waals surface area contributed by atoms with Gasteiger partial charge in [0.05, 0.1) is 15.6 Å². The van der Waals surface area contributed by atoms with E-state index in [0.717, 1.165) is 10.9 Å². The molecule has 0 atom stereocenters. The molecule has 2 aromatic carbocycles. The fourth-order valence-electron chi connectivity index (χ4n) is 2.02. The number of halogens is 2. The number of hydrogen-bond donors (Lipinski definition) is 2. The fourth-order valence-corrected chi connectivity index (χ4v) is 2.52. The van der Waals surface area contributed by atoms with E-state index in [0.29, 0.717) is 21.3 Å². The highest BCUT2D eigenvalue weighted by molar-refractivity contribution is 6.38. The van der Waals surface area contributed by atoms with Crippen LogP contribution in [0.3, 0.4) is 0 Å². The Balaban J connectivity index is 2.09. The van der Waals surface area contributed by atoms with E-state index in [2.05, 4.69) is 9.98 Å². The molecule has 0 amide bonds. The van der Waals surface area contributed by atoms with Gasteiger partial charge in [-0.25, -0.2) is 0 Å². The maximum atomic E-state index is 9.94. The van der Waals surface area contributed by atoms with Gasteiger partial charge in [-0.05, 0) is 18.2 Å². The summed E-state index contributed by atoms with van der Waals surface area (Å²) in [6.07, 6.45) is 1.56. The summed E-state index contributed by atoms with van der Waals surface area (Å²) in [7, 11) is 0. The topological polar surface area (TPSA) is 48.4 Å². The standard InChI is InChI=1S/C15H10Cl2N2O/c16-11-5-3-6-12(17)14(11)18-8-10-9-4-1-2-7-13(9)19-15(10)20/h1-8,19-20H. The molecule has 20 heavy (non-hydrogen) atoms. The molecule has 0 unspecified atom stereocenters. The maximum Gasteiger partial charge on any atom is 0.198 e. The van der Waals surface area contributed by atoms with Gasteiger partial charge in [-0.3, -0.25) is 4.99 Å². The third-order valence-electron chi connectivity index (χ3n) is 2.99. The largest absolute Gasteiger partial charge is 0.494 e. The highest BCUT2D eigenvalue weighted by atomic mass is 35.5. The molecule has 2 N–H and O–H groups in total. The first kappa shape index (κ1) is 13.0. The van der Waals surface area contributed by atoms with Gasteiger partial charge in [0.15, 0.2) is 5.88 Å². The summed E-state index contributed by atoms with van der Waals surface area (Å²) < 4.78 is 0. The van der Waals surface area contributed by atoms with Gasteiger partial charge < -0.3 is 10.1 Å². The molecule has 3 aromatic rings. The van der Waals surface area contributed by atoms with Crippen molar-refractivity contribution in [3.8, 4) is 5.88 Å². The number of nitrogens with zero attached hydrogens (tertiary/aromatic N) is 1. The quantitative estimate of drug-likeness (QED) is 0.648. The minimum atomic E-state index is 0.0677. The predicted octanol–water partition coefficient (Wildman–Crippen LogP) is 4.93. The molecule has 100 valence electrons. The third-order valence-corrected chi connectivity index (χ3v) is 3.60. The molecule has 0 radical (unpaired) electrons. The van der Waals surface area contributed by atoms with Crippen LogP contribution in [0.15, 0.2) is 47.5 Å². The highest BCUT2D eigenvalue weighted by Crippen LogP contribution is 2.33. The lowest BCUT2D eigenvalue weighted by Crippen LogP contribution is -1.80. The van der Waals surface area contributed by atoms with Crippen LogP contribution >= 0.6 is 23.2 Å². The number of benzene rings is 2. The van der Waals surface area contributed by atoms with Crippen LogP contribution in [0.4, 0.5) is 5.69 Å². The van der Waals surface area contributed by atoms with Gasteiger partial charge in [0.1, 0.15) is 5.69 Å². The number of hydrogen-bond acceptors (Lipinski definition) is 2. The minimum absolute atomic E-state index is 0.0677. The molecule has 0 bridgehead atoms. The van der Waals surface area contributed by atoms with Gasteiger partial charge in [-0.2, -0.15) is 0 Å². The third kappa shape index (κ3) is 2.26. The second kappa shape index (κ2) is 5.19. The number of fused-ring (bicyclic) bond motifs is 1. The Bertz CT molecular complexity index is 788. The summed E-state index contributed by atoms with van der Waals surface area (Å²) >= 11 is 12.1. The Morgan fingerprint density at radius 3 is 2.45 bits per heavy atom. The van der Waals surface area contributed by atoms with Crippen molar-refractivity contribution in [2.45, 2.75) is 0 Å². The number of aliphatic imine (C=N–C) groups is 1. The molecule has 0 aliphatic heterocycles. The number of H-pyrrole nitrogens is 1. The van der Waals surface area contributed by atoms with Crippen molar-refractivity contribution in [3.63, 3.8) is 0 Å². The molecule has 5 heteroatoms. The smallest absolute Gasteiger partial charge is 0.198 e. The van der Waals surface area contributed by atoms with Crippen LogP contribution in [-0.4, -0.2) is 16.3 Å². The van der Waals surface area contributed by atoms with Crippen molar-refractivity contribution >= 4 is 46.0 Å². The van der Waals surface area contributed by atoms with E-state index in [1.165, 1.54) is 0 Å². The Kier molecular flexibility index (Phi) is 3.38. The maximum absolute atomic E-state index is 9.94. The van der Waals surface area contributed by atoms with Gasteiger partial charge in [0.25, 0.3) is 0 Å². The van der Waals surface area contributed by atoms with E-state index in [4.69, 9.17) is 23.2 Å². The first-order chi connectivity index (χ1) is 9.66. The van der Waals surface area contributed by atoms with E-state index in [-0.39, 0.29) is 5.88 Å². The van der Waals surface area contributed by atoms with Crippen LogP contribution in [0.5, 0.6) is 5.88 Å². The van der Waals surface area contributed by atoms with Crippen molar-refractivity contribution in [2.24, 2.45) is 4.99 Å². The van der Waals surface area contributed by atoms with Crippen molar-refractivity contribution in [2.75, 3.05) is 0 Å². The number of rotatable bonds is 2. The normalized spacial score (nSPS) is 11.5. The molecule has 0 aliphatic carbocycles. The summed E-state index contributed by atoms with van der Waals surface area (Å²) in [6, 6.07) is 12.8. The minimum Gasteiger partial charge on any atom is -0.494 e. The average molecular weight is 305 g/mol. The zero-order valence-corrected chi connectivity index (χ0v) is 11.8. The van der Waals surface area contributed by atoms with Gasteiger partial charge in [0.2, 0.25) is 0 Å². The van der Waals surface area contributed by atoms with Crippen LogP contribution < -0.4 is 0 Å². The predicted molar refractivity (Wildman–Crippen MR) is 83.7 cm³/mol. The zero-order valence-electron chi connectivity index (χ0n) is 10.3. The van der Waals surface area contributed by atoms with Crippen molar-refractivity contribution in [3.05, 3.63) is 58.1 Å². The summed E-state index contributed by atoms with van der Waals surface area (Å²) in [5.74, 6) is 0.0677. The molecule has 1 aromatic heterocycles. The Hall–Kier alpha value is -1.97. The van der Waals surface area contributed by atoms with Crippen LogP contribution in [0.1, 0.15) is 5.56 Å². The Morgan fingerprint density at radius 2 is 1.70 bits per heavy atom. The number of aromatic nitrogens is 1. The van der Waals surface area contributed by atoms with Gasteiger partial charge in [0, 0.05) is 17.1 Å².